The van der Waals surface area contributed by atoms with Crippen molar-refractivity contribution >= 4 is 22.9 Å². The van der Waals surface area contributed by atoms with E-state index < -0.39 is 5.97 Å². The minimum atomic E-state index is -0.922. The lowest BCUT2D eigenvalue weighted by Crippen LogP contribution is -2.34. The van der Waals surface area contributed by atoms with Crippen molar-refractivity contribution in [3.05, 3.63) is 77.5 Å². The molecule has 0 amide bonds. The van der Waals surface area contributed by atoms with Crippen molar-refractivity contribution in [1.82, 2.24) is 9.47 Å². The average Bonchev–Trinajstić information content (AvgIpc) is 3.26. The van der Waals surface area contributed by atoms with Crippen molar-refractivity contribution < 1.29 is 19.4 Å². The molecule has 6 heteroatoms. The minimum absolute atomic E-state index is 0.590. The van der Waals surface area contributed by atoms with E-state index in [-0.39, 0.29) is 0 Å². The molecule has 3 aromatic rings. The number of hydrogen-bond acceptors (Lipinski definition) is 4. The van der Waals surface area contributed by atoms with Gasteiger partial charge in [0.15, 0.2) is 0 Å². The van der Waals surface area contributed by atoms with Crippen molar-refractivity contribution in [3.8, 4) is 0 Å². The van der Waals surface area contributed by atoms with Crippen LogP contribution >= 0.6 is 0 Å². The second-order valence-corrected chi connectivity index (χ2v) is 9.18. The number of piperidine rings is 1. The molecule has 0 spiro atoms. The summed E-state index contributed by atoms with van der Waals surface area (Å²) in [5, 5.41) is 10.1. The van der Waals surface area contributed by atoms with E-state index in [2.05, 4.69) is 52.1 Å². The molecule has 0 saturated carbocycles. The lowest BCUT2D eigenvalue weighted by atomic mass is 9.89. The van der Waals surface area contributed by atoms with Gasteiger partial charge < -0.3 is 24.0 Å². The standard InChI is InChI=1S/C29H36N2O4/c1-34-20-21-35-19-18-31-22-27(26-4-2-3-5-28(26)31)25-13-16-30(17-14-25)15-12-24-8-6-23(7-9-24)10-11-29(32)33/h2-11,22,25H,12-21H2,1H3,(H,32,33)/b11-10+. The predicted octanol–water partition coefficient (Wildman–Crippen LogP) is 4.82. The van der Waals surface area contributed by atoms with Gasteiger partial charge in [0.05, 0.1) is 19.8 Å². The van der Waals surface area contributed by atoms with E-state index >= 15 is 0 Å². The molecule has 35 heavy (non-hydrogen) atoms. The van der Waals surface area contributed by atoms with Crippen molar-refractivity contribution in [2.24, 2.45) is 0 Å². The summed E-state index contributed by atoms with van der Waals surface area (Å²) in [5.74, 6) is -0.332. The number of ether oxygens (including phenoxy) is 2. The van der Waals surface area contributed by atoms with E-state index in [1.165, 1.54) is 40.9 Å². The van der Waals surface area contributed by atoms with Crippen LogP contribution in [0.2, 0.25) is 0 Å². The Morgan fingerprint density at radius 2 is 1.80 bits per heavy atom. The molecule has 1 aliphatic heterocycles. The first kappa shape index (κ1) is 25.2. The summed E-state index contributed by atoms with van der Waals surface area (Å²) in [6.07, 6.45) is 8.52. The molecule has 0 bridgehead atoms. The zero-order valence-electron chi connectivity index (χ0n) is 20.6. The highest BCUT2D eigenvalue weighted by molar-refractivity contribution is 5.85. The van der Waals surface area contributed by atoms with Gasteiger partial charge in [0.1, 0.15) is 0 Å². The van der Waals surface area contributed by atoms with Crippen molar-refractivity contribution in [1.29, 1.82) is 0 Å². The van der Waals surface area contributed by atoms with Crippen molar-refractivity contribution in [2.45, 2.75) is 31.7 Å². The molecule has 1 N–H and O–H groups in total. The maximum atomic E-state index is 10.7. The number of rotatable bonds is 12. The van der Waals surface area contributed by atoms with E-state index in [1.807, 2.05) is 12.1 Å². The van der Waals surface area contributed by atoms with Crippen LogP contribution in [0.15, 0.2) is 60.8 Å². The number of carboxylic acids is 1. The highest BCUT2D eigenvalue weighted by atomic mass is 16.5. The Balaban J connectivity index is 1.30. The van der Waals surface area contributed by atoms with Gasteiger partial charge in [-0.2, -0.15) is 0 Å². The molecule has 1 fully saturated rings. The number of aliphatic carboxylic acids is 1. The Hall–Kier alpha value is -2.93. The van der Waals surface area contributed by atoms with E-state index in [9.17, 15) is 4.79 Å². The molecule has 4 rings (SSSR count). The maximum absolute atomic E-state index is 10.7. The van der Waals surface area contributed by atoms with Crippen LogP contribution in [0.1, 0.15) is 35.4 Å². The zero-order valence-corrected chi connectivity index (χ0v) is 20.6. The van der Waals surface area contributed by atoms with Gasteiger partial charge in [0.25, 0.3) is 0 Å². The van der Waals surface area contributed by atoms with Gasteiger partial charge in [-0.1, -0.05) is 42.5 Å². The monoisotopic (exact) mass is 476 g/mol. The molecule has 1 aliphatic rings. The Morgan fingerprint density at radius 1 is 1.03 bits per heavy atom. The van der Waals surface area contributed by atoms with Gasteiger partial charge in [-0.25, -0.2) is 4.79 Å². The van der Waals surface area contributed by atoms with Crippen LogP contribution < -0.4 is 0 Å². The molecule has 2 heterocycles. The number of para-hydroxylation sites is 1. The first-order valence-corrected chi connectivity index (χ1v) is 12.5. The lowest BCUT2D eigenvalue weighted by Gasteiger charge is -2.32. The summed E-state index contributed by atoms with van der Waals surface area (Å²) in [7, 11) is 1.70. The summed E-state index contributed by atoms with van der Waals surface area (Å²) < 4.78 is 13.1. The van der Waals surface area contributed by atoms with Crippen LogP contribution in [-0.2, 0) is 27.2 Å². The number of carbonyl (C=O) groups is 1. The molecule has 186 valence electrons. The number of benzene rings is 2. The molecule has 1 saturated heterocycles. The zero-order chi connectivity index (χ0) is 24.5. The summed E-state index contributed by atoms with van der Waals surface area (Å²) in [4.78, 5) is 13.2. The Labute approximate surface area is 207 Å². The third-order valence-corrected chi connectivity index (χ3v) is 6.87. The second kappa shape index (κ2) is 12.7. The number of hydrogen-bond donors (Lipinski definition) is 1. The maximum Gasteiger partial charge on any atom is 0.328 e. The van der Waals surface area contributed by atoms with Crippen LogP contribution in [-0.4, -0.2) is 67.1 Å². The summed E-state index contributed by atoms with van der Waals surface area (Å²) >= 11 is 0. The van der Waals surface area contributed by atoms with Crippen molar-refractivity contribution in [3.63, 3.8) is 0 Å². The first-order chi connectivity index (χ1) is 17.1. The number of aromatic nitrogens is 1. The number of methoxy groups -OCH3 is 1. The highest BCUT2D eigenvalue weighted by Crippen LogP contribution is 2.34. The highest BCUT2D eigenvalue weighted by Gasteiger charge is 2.23. The number of nitrogens with zero attached hydrogens (tertiary/aromatic N) is 2. The van der Waals surface area contributed by atoms with E-state index in [0.717, 1.165) is 38.2 Å². The molecule has 6 nitrogen and oxygen atoms in total. The summed E-state index contributed by atoms with van der Waals surface area (Å²) in [5.41, 5.74) is 4.97. The molecule has 0 atom stereocenters. The van der Waals surface area contributed by atoms with Crippen LogP contribution in [0.3, 0.4) is 0 Å². The number of fused-ring (bicyclic) bond motifs is 1. The molecule has 0 aliphatic carbocycles. The van der Waals surface area contributed by atoms with E-state index in [4.69, 9.17) is 14.6 Å². The van der Waals surface area contributed by atoms with Crippen LogP contribution in [0.25, 0.3) is 17.0 Å². The fourth-order valence-electron chi connectivity index (χ4n) is 4.91. The van der Waals surface area contributed by atoms with Crippen LogP contribution in [0.5, 0.6) is 0 Å². The average molecular weight is 477 g/mol. The number of likely N-dealkylation sites (tertiary alicyclic amines) is 1. The second-order valence-electron chi connectivity index (χ2n) is 9.18. The SMILES string of the molecule is COCCOCCn1cc(C2CCN(CCc3ccc(/C=C/C(=O)O)cc3)CC2)c2ccccc21. The van der Waals surface area contributed by atoms with Gasteiger partial charge in [0.2, 0.25) is 0 Å². The Bertz CT molecular complexity index is 1110. The molecule has 2 aromatic carbocycles. The van der Waals surface area contributed by atoms with Crippen molar-refractivity contribution in [2.75, 3.05) is 46.6 Å². The van der Waals surface area contributed by atoms with Gasteiger partial charge >= 0.3 is 5.97 Å². The first-order valence-electron chi connectivity index (χ1n) is 12.5. The van der Waals surface area contributed by atoms with Crippen LogP contribution in [0, 0.1) is 0 Å². The Kier molecular flexibility index (Phi) is 9.12. The predicted molar refractivity (Wildman–Crippen MR) is 140 cm³/mol. The van der Waals surface area contributed by atoms with Gasteiger partial charge in [-0.05, 0) is 67.1 Å². The number of carboxylic acid groups (broad SMARTS) is 1. The molecule has 0 radical (unpaired) electrons. The van der Waals surface area contributed by atoms with Gasteiger partial charge in [-0.3, -0.25) is 0 Å². The summed E-state index contributed by atoms with van der Waals surface area (Å²) in [6.45, 7) is 6.09. The van der Waals surface area contributed by atoms with Crippen LogP contribution in [0.4, 0.5) is 0 Å². The third-order valence-electron chi connectivity index (χ3n) is 6.87. The molecular formula is C29H36N2O4. The van der Waals surface area contributed by atoms with Gasteiger partial charge in [0, 0.05) is 43.4 Å². The fourth-order valence-corrected chi connectivity index (χ4v) is 4.91. The minimum Gasteiger partial charge on any atom is -0.478 e. The molecule has 0 unspecified atom stereocenters. The van der Waals surface area contributed by atoms with E-state index in [1.54, 1.807) is 13.2 Å². The molecule has 1 aromatic heterocycles. The lowest BCUT2D eigenvalue weighted by molar-refractivity contribution is -0.131. The molecular weight excluding hydrogens is 440 g/mol. The fraction of sp³-hybridized carbons (Fsp3) is 0.414. The van der Waals surface area contributed by atoms with E-state index in [0.29, 0.717) is 25.7 Å². The topological polar surface area (TPSA) is 63.9 Å². The largest absolute Gasteiger partial charge is 0.478 e. The third kappa shape index (κ3) is 7.04. The normalized spacial score (nSPS) is 15.3. The summed E-state index contributed by atoms with van der Waals surface area (Å²) in [6, 6.07) is 16.9. The smallest absolute Gasteiger partial charge is 0.328 e. The quantitative estimate of drug-likeness (QED) is 0.300. The van der Waals surface area contributed by atoms with Gasteiger partial charge in [-0.15, -0.1) is 0 Å². The Morgan fingerprint density at radius 3 is 2.54 bits per heavy atom.